The summed E-state index contributed by atoms with van der Waals surface area (Å²) in [6.07, 6.45) is 3.45. The van der Waals surface area contributed by atoms with Gasteiger partial charge in [0, 0.05) is 0 Å². The second-order valence-corrected chi connectivity index (χ2v) is 16.4. The van der Waals surface area contributed by atoms with E-state index in [0.717, 1.165) is 12.2 Å². The van der Waals surface area contributed by atoms with Crippen LogP contribution in [0.15, 0.2) is 70.1 Å². The van der Waals surface area contributed by atoms with E-state index in [1.54, 1.807) is 0 Å². The van der Waals surface area contributed by atoms with Crippen molar-refractivity contribution in [2.45, 2.75) is 6.42 Å². The summed E-state index contributed by atoms with van der Waals surface area (Å²) in [5.41, 5.74) is 11.4. The van der Waals surface area contributed by atoms with Crippen molar-refractivity contribution in [2.75, 3.05) is 5.75 Å². The van der Waals surface area contributed by atoms with Crippen LogP contribution >= 0.6 is 36.5 Å². The molecule has 0 bridgehead atoms. The summed E-state index contributed by atoms with van der Waals surface area (Å²) in [5, 5.41) is 0. The maximum atomic E-state index is 6.38. The van der Waals surface area contributed by atoms with E-state index in [1.807, 2.05) is 11.8 Å². The van der Waals surface area contributed by atoms with Crippen LogP contribution in [0.2, 0.25) is 0 Å². The van der Waals surface area contributed by atoms with Gasteiger partial charge in [0.2, 0.25) is 0 Å². The zero-order chi connectivity index (χ0) is 18.8. The van der Waals surface area contributed by atoms with Crippen LogP contribution in [0.25, 0.3) is 22.8 Å². The van der Waals surface area contributed by atoms with E-state index in [0.29, 0.717) is 0 Å². The first-order valence-electron chi connectivity index (χ1n) is 9.34. The molecular weight excluding hydrogens is 594 g/mol. The molecule has 0 spiro atoms. The predicted octanol–water partition coefficient (Wildman–Crippen LogP) is 0.155. The van der Waals surface area contributed by atoms with Gasteiger partial charge in [-0.15, -0.1) is 0 Å². The number of thioether (sulfide) groups is 1. The first-order chi connectivity index (χ1) is 13.7. The zero-order valence-corrected chi connectivity index (χ0v) is 22.9. The number of fused-ring (bicyclic) bond motifs is 6. The van der Waals surface area contributed by atoms with E-state index in [1.165, 1.54) is 54.9 Å². The third-order valence-electron chi connectivity index (χ3n) is 5.87. The number of halogens is 3. The van der Waals surface area contributed by atoms with Gasteiger partial charge in [0.15, 0.2) is 0 Å². The molecule has 30 heavy (non-hydrogen) atoms. The van der Waals surface area contributed by atoms with Crippen molar-refractivity contribution in [1.82, 2.24) is 0 Å². The molecule has 0 N–H and O–H groups in total. The van der Waals surface area contributed by atoms with E-state index < -0.39 is 19.7 Å². The number of rotatable bonds is 2. The van der Waals surface area contributed by atoms with Crippen molar-refractivity contribution in [3.63, 3.8) is 0 Å². The molecule has 6 rings (SSSR count). The monoisotopic (exact) mass is 606 g/mol. The summed E-state index contributed by atoms with van der Waals surface area (Å²) >= 11 is 3.23. The molecule has 3 aromatic rings. The summed E-state index contributed by atoms with van der Waals surface area (Å²) in [6, 6.07) is 22.4. The Labute approximate surface area is 212 Å². The van der Waals surface area contributed by atoms with Gasteiger partial charge in [0.05, 0.1) is 0 Å². The summed E-state index contributed by atoms with van der Waals surface area (Å²) in [7, 11) is 6.38. The molecular formula is C24H15BrCl2S2Zr. The molecule has 0 atom stereocenters. The van der Waals surface area contributed by atoms with Crippen molar-refractivity contribution in [3.8, 4) is 11.1 Å². The van der Waals surface area contributed by atoms with Gasteiger partial charge in [-0.25, -0.2) is 0 Å². The van der Waals surface area contributed by atoms with Gasteiger partial charge in [-0.3, -0.25) is 0 Å². The molecule has 0 aromatic heterocycles. The first kappa shape index (κ1) is 22.8. The molecule has 0 saturated heterocycles. The van der Waals surface area contributed by atoms with E-state index in [-0.39, 0.29) is 24.8 Å². The SMILES string of the molecule is [Cl-].[Cl-].[S]=[Zr+2]([c]1cccc2c1C=C1CSC(Br)=C12)[c]1cccc2c1-c1ccccc1C2. The molecule has 0 fully saturated rings. The van der Waals surface area contributed by atoms with Crippen LogP contribution in [0, 0.1) is 0 Å². The first-order valence-corrected chi connectivity index (χ1v) is 17.0. The Morgan fingerprint density at radius 3 is 2.40 bits per heavy atom. The van der Waals surface area contributed by atoms with Crippen LogP contribution in [0.3, 0.4) is 0 Å². The quantitative estimate of drug-likeness (QED) is 0.318. The molecule has 0 amide bonds. The van der Waals surface area contributed by atoms with Crippen molar-refractivity contribution in [2.24, 2.45) is 0 Å². The van der Waals surface area contributed by atoms with Crippen LogP contribution in [0.4, 0.5) is 0 Å². The van der Waals surface area contributed by atoms with E-state index in [9.17, 15) is 0 Å². The van der Waals surface area contributed by atoms with Crippen LogP contribution < -0.4 is 31.4 Å². The van der Waals surface area contributed by atoms with E-state index in [2.05, 4.69) is 82.7 Å². The van der Waals surface area contributed by atoms with Crippen LogP contribution in [-0.4, -0.2) is 5.75 Å². The molecule has 0 unspecified atom stereocenters. The Bertz CT molecular complexity index is 1280. The molecule has 1 aliphatic heterocycles. The van der Waals surface area contributed by atoms with Crippen LogP contribution in [-0.2, 0) is 26.1 Å². The van der Waals surface area contributed by atoms with Gasteiger partial charge in [-0.05, 0) is 0 Å². The predicted molar refractivity (Wildman–Crippen MR) is 124 cm³/mol. The zero-order valence-electron chi connectivity index (χ0n) is 15.7. The van der Waals surface area contributed by atoms with Crippen LogP contribution in [0.5, 0.6) is 0 Å². The molecule has 0 radical (unpaired) electrons. The van der Waals surface area contributed by atoms with E-state index >= 15 is 0 Å². The average molecular weight is 610 g/mol. The molecule has 6 heteroatoms. The minimum absolute atomic E-state index is 0. The number of benzene rings is 3. The van der Waals surface area contributed by atoms with Gasteiger partial charge < -0.3 is 24.8 Å². The average Bonchev–Trinajstić information content (AvgIpc) is 3.39. The second kappa shape index (κ2) is 8.89. The Hall–Kier alpha value is -0.347. The Kier molecular flexibility index (Phi) is 6.76. The minimum atomic E-state index is -2.43. The van der Waals surface area contributed by atoms with Crippen molar-refractivity contribution >= 4 is 54.7 Å². The summed E-state index contributed by atoms with van der Waals surface area (Å²) in [6.45, 7) is 0. The summed E-state index contributed by atoms with van der Waals surface area (Å²) < 4.78 is 4.19. The Morgan fingerprint density at radius 1 is 0.833 bits per heavy atom. The van der Waals surface area contributed by atoms with Crippen molar-refractivity contribution in [3.05, 3.63) is 92.3 Å². The standard InChI is InChI=1S/C13H9.C11H6BrS.2ClH.S.Zr/c1-3-7-12-10(5-1)9-11-6-2-4-8-13(11)12;12-11-10-8(6-13-11)5-7-3-1-2-4-9(7)10;;;;/h1-7H,9H2;1-2,4-5H,6H2;2*1H;;/q;;;;;+2/p-2. The van der Waals surface area contributed by atoms with Crippen molar-refractivity contribution < 1.29 is 44.5 Å². The third-order valence-corrected chi connectivity index (χ3v) is 15.0. The second-order valence-electron chi connectivity index (χ2n) is 7.38. The number of hydrogen-bond acceptors (Lipinski definition) is 2. The molecule has 0 saturated carbocycles. The fourth-order valence-electron chi connectivity index (χ4n) is 4.64. The third kappa shape index (κ3) is 3.43. The van der Waals surface area contributed by atoms with Gasteiger partial charge in [0.25, 0.3) is 0 Å². The fraction of sp³-hybridized carbons (Fsp3) is 0.0833. The van der Waals surface area contributed by atoms with Gasteiger partial charge in [-0.1, -0.05) is 0 Å². The summed E-state index contributed by atoms with van der Waals surface area (Å²) in [4.78, 5) is 0. The Morgan fingerprint density at radius 2 is 1.53 bits per heavy atom. The van der Waals surface area contributed by atoms with Crippen molar-refractivity contribution in [1.29, 1.82) is 0 Å². The molecule has 148 valence electrons. The van der Waals surface area contributed by atoms with Gasteiger partial charge >= 0.3 is 190 Å². The number of hydrogen-bond donors (Lipinski definition) is 0. The normalized spacial score (nSPS) is 14.5. The molecule has 1 heterocycles. The molecule has 3 aliphatic rings. The van der Waals surface area contributed by atoms with Gasteiger partial charge in [0.1, 0.15) is 0 Å². The van der Waals surface area contributed by atoms with Crippen LogP contribution in [0.1, 0.15) is 22.3 Å². The van der Waals surface area contributed by atoms with Gasteiger partial charge in [-0.2, -0.15) is 0 Å². The maximum absolute atomic E-state index is 6.38. The topological polar surface area (TPSA) is 0 Å². The summed E-state index contributed by atoms with van der Waals surface area (Å²) in [5.74, 6) is 1.06. The molecule has 2 aliphatic carbocycles. The Balaban J connectivity index is 0.00000109. The fourth-order valence-corrected chi connectivity index (χ4v) is 12.7. The van der Waals surface area contributed by atoms with E-state index in [4.69, 9.17) is 8.86 Å². The molecule has 3 aromatic carbocycles. The number of allylic oxidation sites excluding steroid dienone is 1. The molecule has 0 nitrogen and oxygen atoms in total.